The molecule has 0 saturated heterocycles. The monoisotopic (exact) mass is 254 g/mol. The van der Waals surface area contributed by atoms with Gasteiger partial charge in [0.05, 0.1) is 0 Å². The summed E-state index contributed by atoms with van der Waals surface area (Å²) in [5.74, 6) is 0. The average molecular weight is 256 g/mol. The second kappa shape index (κ2) is 3.69. The largest absolute Gasteiger partial charge is 0.0876 e. The molecule has 66 valence electrons. The highest BCUT2D eigenvalue weighted by Gasteiger charge is 1.96. The molecular formula is C11H8BrCl. The first-order chi connectivity index (χ1) is 6.29. The smallest absolute Gasteiger partial charge is 0.0412 e. The third-order valence-electron chi connectivity index (χ3n) is 2.02. The van der Waals surface area contributed by atoms with Crippen molar-refractivity contribution in [1.82, 2.24) is 0 Å². The zero-order valence-electron chi connectivity index (χ0n) is 6.93. The van der Waals surface area contributed by atoms with Crippen LogP contribution in [0.5, 0.6) is 0 Å². The van der Waals surface area contributed by atoms with Crippen molar-refractivity contribution in [2.24, 2.45) is 0 Å². The van der Waals surface area contributed by atoms with Crippen molar-refractivity contribution < 1.29 is 0 Å². The Kier molecular flexibility index (Phi) is 2.56. The minimum atomic E-state index is 0.791. The lowest BCUT2D eigenvalue weighted by Crippen LogP contribution is -1.78. The van der Waals surface area contributed by atoms with Crippen LogP contribution in [-0.4, -0.2) is 0 Å². The molecule has 2 aromatic rings. The van der Waals surface area contributed by atoms with E-state index in [9.17, 15) is 0 Å². The van der Waals surface area contributed by atoms with Crippen LogP contribution in [0, 0.1) is 0 Å². The van der Waals surface area contributed by atoms with Crippen LogP contribution in [0.25, 0.3) is 10.8 Å². The summed E-state index contributed by atoms with van der Waals surface area (Å²) in [6.07, 6.45) is 0. The van der Waals surface area contributed by atoms with Gasteiger partial charge in [-0.25, -0.2) is 0 Å². The van der Waals surface area contributed by atoms with Crippen molar-refractivity contribution in [2.45, 2.75) is 5.33 Å². The van der Waals surface area contributed by atoms with Gasteiger partial charge in [0.2, 0.25) is 0 Å². The van der Waals surface area contributed by atoms with E-state index in [2.05, 4.69) is 34.1 Å². The van der Waals surface area contributed by atoms with Crippen molar-refractivity contribution in [3.05, 3.63) is 47.0 Å². The summed E-state index contributed by atoms with van der Waals surface area (Å²) in [7, 11) is 0. The van der Waals surface area contributed by atoms with Crippen LogP contribution in [0.3, 0.4) is 0 Å². The normalized spacial score (nSPS) is 10.6. The van der Waals surface area contributed by atoms with Crippen molar-refractivity contribution in [1.29, 1.82) is 0 Å². The number of rotatable bonds is 1. The van der Waals surface area contributed by atoms with Gasteiger partial charge >= 0.3 is 0 Å². The number of alkyl halides is 1. The first-order valence-electron chi connectivity index (χ1n) is 4.04. The molecule has 0 heterocycles. The lowest BCUT2D eigenvalue weighted by atomic mass is 10.1. The summed E-state index contributed by atoms with van der Waals surface area (Å²) in [5.41, 5.74) is 1.27. The average Bonchev–Trinajstić information content (AvgIpc) is 2.16. The van der Waals surface area contributed by atoms with E-state index in [1.165, 1.54) is 16.3 Å². The summed E-state index contributed by atoms with van der Waals surface area (Å²) in [6, 6.07) is 12.3. The number of hydrogen-bond acceptors (Lipinski definition) is 0. The number of fused-ring (bicyclic) bond motifs is 1. The fourth-order valence-electron chi connectivity index (χ4n) is 1.35. The van der Waals surface area contributed by atoms with Gasteiger partial charge in [0.15, 0.2) is 0 Å². The molecule has 0 amide bonds. The Labute approximate surface area is 90.6 Å². The standard InChI is InChI=1S/C11H8BrCl/c12-7-8-1-2-9-3-4-11(13)6-10(9)5-8/h1-6H,7H2. The van der Waals surface area contributed by atoms with E-state index >= 15 is 0 Å². The van der Waals surface area contributed by atoms with E-state index in [1.807, 2.05) is 18.2 Å². The molecular weight excluding hydrogens is 247 g/mol. The highest BCUT2D eigenvalue weighted by atomic mass is 79.9. The van der Waals surface area contributed by atoms with Gasteiger partial charge in [0.1, 0.15) is 0 Å². The zero-order valence-corrected chi connectivity index (χ0v) is 9.27. The molecule has 2 rings (SSSR count). The van der Waals surface area contributed by atoms with E-state index in [-0.39, 0.29) is 0 Å². The summed E-state index contributed by atoms with van der Waals surface area (Å²) in [6.45, 7) is 0. The fourth-order valence-corrected chi connectivity index (χ4v) is 1.88. The lowest BCUT2D eigenvalue weighted by Gasteiger charge is -2.00. The molecule has 0 N–H and O–H groups in total. The van der Waals surface area contributed by atoms with Gasteiger partial charge < -0.3 is 0 Å². The van der Waals surface area contributed by atoms with E-state index in [4.69, 9.17) is 11.6 Å². The first-order valence-corrected chi connectivity index (χ1v) is 5.54. The SMILES string of the molecule is Clc1ccc2ccc(CBr)cc2c1. The minimum absolute atomic E-state index is 0.791. The maximum absolute atomic E-state index is 5.90. The summed E-state index contributed by atoms with van der Waals surface area (Å²) < 4.78 is 0. The molecule has 13 heavy (non-hydrogen) atoms. The van der Waals surface area contributed by atoms with Gasteiger partial charge in [-0.15, -0.1) is 0 Å². The summed E-state index contributed by atoms with van der Waals surface area (Å²) >= 11 is 9.33. The van der Waals surface area contributed by atoms with Gasteiger partial charge in [0, 0.05) is 10.4 Å². The van der Waals surface area contributed by atoms with Crippen LogP contribution in [0.1, 0.15) is 5.56 Å². The van der Waals surface area contributed by atoms with Gasteiger partial charge in [0.25, 0.3) is 0 Å². The maximum atomic E-state index is 5.90. The number of hydrogen-bond donors (Lipinski definition) is 0. The highest BCUT2D eigenvalue weighted by molar-refractivity contribution is 9.08. The van der Waals surface area contributed by atoms with Crippen molar-refractivity contribution in [3.8, 4) is 0 Å². The molecule has 0 aliphatic carbocycles. The van der Waals surface area contributed by atoms with Crippen LogP contribution in [0.15, 0.2) is 36.4 Å². The molecule has 0 nitrogen and oxygen atoms in total. The Morgan fingerprint density at radius 1 is 1.00 bits per heavy atom. The van der Waals surface area contributed by atoms with Crippen LogP contribution in [0.4, 0.5) is 0 Å². The van der Waals surface area contributed by atoms with E-state index in [0.717, 1.165) is 10.4 Å². The Hall–Kier alpha value is -0.530. The van der Waals surface area contributed by atoms with Crippen LogP contribution in [0.2, 0.25) is 5.02 Å². The molecule has 2 heteroatoms. The lowest BCUT2D eigenvalue weighted by molar-refractivity contribution is 1.47. The van der Waals surface area contributed by atoms with Gasteiger partial charge in [-0.05, 0) is 28.5 Å². The molecule has 0 atom stereocenters. The summed E-state index contributed by atoms with van der Waals surface area (Å²) in [5, 5.41) is 4.10. The number of halogens is 2. The highest BCUT2D eigenvalue weighted by Crippen LogP contribution is 2.21. The molecule has 0 aromatic heterocycles. The number of benzene rings is 2. The third-order valence-corrected chi connectivity index (χ3v) is 2.90. The Bertz CT molecular complexity index is 437. The van der Waals surface area contributed by atoms with Gasteiger partial charge in [-0.2, -0.15) is 0 Å². The fraction of sp³-hybridized carbons (Fsp3) is 0.0909. The summed E-state index contributed by atoms with van der Waals surface area (Å²) in [4.78, 5) is 0. The molecule has 0 saturated carbocycles. The Morgan fingerprint density at radius 3 is 2.54 bits per heavy atom. The van der Waals surface area contributed by atoms with Crippen molar-refractivity contribution in [3.63, 3.8) is 0 Å². The second-order valence-electron chi connectivity index (χ2n) is 2.96. The van der Waals surface area contributed by atoms with Crippen molar-refractivity contribution >= 4 is 38.3 Å². The molecule has 0 aliphatic heterocycles. The Balaban J connectivity index is 2.68. The van der Waals surface area contributed by atoms with Gasteiger partial charge in [-0.3, -0.25) is 0 Å². The van der Waals surface area contributed by atoms with Crippen LogP contribution in [-0.2, 0) is 5.33 Å². The quantitative estimate of drug-likeness (QED) is 0.663. The molecule has 2 aromatic carbocycles. The van der Waals surface area contributed by atoms with Gasteiger partial charge in [-0.1, -0.05) is 51.8 Å². The van der Waals surface area contributed by atoms with E-state index in [1.54, 1.807) is 0 Å². The molecule has 0 fully saturated rings. The molecule has 0 radical (unpaired) electrons. The predicted octanol–water partition coefficient (Wildman–Crippen LogP) is 4.39. The maximum Gasteiger partial charge on any atom is 0.0412 e. The van der Waals surface area contributed by atoms with Crippen LogP contribution >= 0.6 is 27.5 Å². The molecule has 0 unspecified atom stereocenters. The minimum Gasteiger partial charge on any atom is -0.0876 e. The molecule has 0 spiro atoms. The topological polar surface area (TPSA) is 0 Å². The first kappa shape index (κ1) is 9.04. The second-order valence-corrected chi connectivity index (χ2v) is 3.96. The third kappa shape index (κ3) is 1.87. The van der Waals surface area contributed by atoms with Crippen LogP contribution < -0.4 is 0 Å². The Morgan fingerprint density at radius 2 is 1.77 bits per heavy atom. The van der Waals surface area contributed by atoms with E-state index in [0.29, 0.717) is 0 Å². The van der Waals surface area contributed by atoms with Crippen molar-refractivity contribution in [2.75, 3.05) is 0 Å². The molecule has 0 aliphatic rings. The molecule has 0 bridgehead atoms. The predicted molar refractivity (Wildman–Crippen MR) is 61.6 cm³/mol. The van der Waals surface area contributed by atoms with E-state index < -0.39 is 0 Å². The zero-order chi connectivity index (χ0) is 9.26.